The van der Waals surface area contributed by atoms with Gasteiger partial charge in [-0.3, -0.25) is 0 Å². The van der Waals surface area contributed by atoms with Crippen LogP contribution in [0.15, 0.2) is 23.1 Å². The predicted octanol–water partition coefficient (Wildman–Crippen LogP) is 1.79. The first-order valence-corrected chi connectivity index (χ1v) is 8.31. The van der Waals surface area contributed by atoms with E-state index in [2.05, 4.69) is 25.7 Å². The van der Waals surface area contributed by atoms with Gasteiger partial charge in [0.15, 0.2) is 0 Å². The van der Waals surface area contributed by atoms with Crippen LogP contribution in [-0.2, 0) is 10.0 Å². The number of nitrogens with two attached hydrogens (primary N) is 2. The molecule has 1 aromatic carbocycles. The van der Waals surface area contributed by atoms with Gasteiger partial charge in [-0.15, -0.1) is 0 Å². The molecule has 1 atom stereocenters. The summed E-state index contributed by atoms with van der Waals surface area (Å²) in [6.45, 7) is 8.46. The van der Waals surface area contributed by atoms with Crippen molar-refractivity contribution < 1.29 is 8.42 Å². The maximum atomic E-state index is 11.5. The highest BCUT2D eigenvalue weighted by molar-refractivity contribution is 7.89. The molecule has 0 bridgehead atoms. The number of rotatable bonds is 2. The van der Waals surface area contributed by atoms with Gasteiger partial charge in [0.05, 0.1) is 16.3 Å². The predicted molar refractivity (Wildman–Crippen MR) is 82.0 cm³/mol. The summed E-state index contributed by atoms with van der Waals surface area (Å²) in [4.78, 5) is 2.26. The molecule has 5 nitrogen and oxygen atoms in total. The molecule has 1 aliphatic rings. The minimum atomic E-state index is -3.70. The van der Waals surface area contributed by atoms with E-state index in [1.54, 1.807) is 12.1 Å². The molecule has 0 radical (unpaired) electrons. The summed E-state index contributed by atoms with van der Waals surface area (Å²) in [7, 11) is -3.70. The Morgan fingerprint density at radius 1 is 1.30 bits per heavy atom. The van der Waals surface area contributed by atoms with E-state index in [0.29, 0.717) is 11.6 Å². The van der Waals surface area contributed by atoms with E-state index >= 15 is 0 Å². The van der Waals surface area contributed by atoms with Crippen LogP contribution >= 0.6 is 0 Å². The van der Waals surface area contributed by atoms with Crippen LogP contribution in [0.25, 0.3) is 0 Å². The van der Waals surface area contributed by atoms with Crippen molar-refractivity contribution in [2.24, 2.45) is 16.5 Å². The van der Waals surface area contributed by atoms with Gasteiger partial charge in [-0.1, -0.05) is 20.8 Å². The molecule has 20 heavy (non-hydrogen) atoms. The first kappa shape index (κ1) is 15.1. The van der Waals surface area contributed by atoms with Crippen molar-refractivity contribution >= 4 is 21.4 Å². The van der Waals surface area contributed by atoms with E-state index in [9.17, 15) is 8.42 Å². The van der Waals surface area contributed by atoms with Crippen LogP contribution in [0, 0.1) is 11.3 Å². The quantitative estimate of drug-likeness (QED) is 0.814. The lowest BCUT2D eigenvalue weighted by molar-refractivity contribution is 0.263. The summed E-state index contributed by atoms with van der Waals surface area (Å²) < 4.78 is 22.9. The standard InChI is InChI=1S/C14H23N3O2S/c1-14(2,3)10-6-7-17(9-10)13-8-11(20(16,18)19)4-5-12(13)15/h4-5,8,10H,6-7,9,15H2,1-3H3,(H2,16,18,19). The Hall–Kier alpha value is -1.27. The third-order valence-electron chi connectivity index (χ3n) is 4.08. The number of hydrogen-bond donors (Lipinski definition) is 2. The van der Waals surface area contributed by atoms with Gasteiger partial charge in [0.2, 0.25) is 10.0 Å². The largest absolute Gasteiger partial charge is 0.397 e. The van der Waals surface area contributed by atoms with Gasteiger partial charge < -0.3 is 10.6 Å². The highest BCUT2D eigenvalue weighted by atomic mass is 32.2. The Morgan fingerprint density at radius 2 is 1.95 bits per heavy atom. The average molecular weight is 297 g/mol. The van der Waals surface area contributed by atoms with Crippen LogP contribution in [0.2, 0.25) is 0 Å². The maximum absolute atomic E-state index is 11.5. The van der Waals surface area contributed by atoms with E-state index in [1.807, 2.05) is 0 Å². The molecule has 1 aromatic rings. The van der Waals surface area contributed by atoms with Crippen molar-refractivity contribution in [1.82, 2.24) is 0 Å². The summed E-state index contributed by atoms with van der Waals surface area (Å²) in [6, 6.07) is 4.64. The minimum Gasteiger partial charge on any atom is -0.397 e. The van der Waals surface area contributed by atoms with E-state index in [4.69, 9.17) is 10.9 Å². The summed E-state index contributed by atoms with van der Waals surface area (Å²) in [5.41, 5.74) is 7.58. The van der Waals surface area contributed by atoms with Crippen LogP contribution in [0.5, 0.6) is 0 Å². The first-order chi connectivity index (χ1) is 9.09. The number of nitrogen functional groups attached to an aromatic ring is 1. The molecule has 0 aromatic heterocycles. The van der Waals surface area contributed by atoms with Gasteiger partial charge in [-0.05, 0) is 36.0 Å². The van der Waals surface area contributed by atoms with E-state index in [-0.39, 0.29) is 10.3 Å². The molecule has 0 spiro atoms. The van der Waals surface area contributed by atoms with Crippen molar-refractivity contribution in [1.29, 1.82) is 0 Å². The van der Waals surface area contributed by atoms with E-state index < -0.39 is 10.0 Å². The second-order valence-corrected chi connectivity index (χ2v) is 8.12. The second-order valence-electron chi connectivity index (χ2n) is 6.56. The zero-order valence-corrected chi connectivity index (χ0v) is 13.1. The van der Waals surface area contributed by atoms with Crippen molar-refractivity contribution in [3.05, 3.63) is 18.2 Å². The van der Waals surface area contributed by atoms with Gasteiger partial charge in [0.25, 0.3) is 0 Å². The molecule has 1 fully saturated rings. The van der Waals surface area contributed by atoms with Crippen LogP contribution in [0.4, 0.5) is 11.4 Å². The van der Waals surface area contributed by atoms with Crippen LogP contribution in [0.3, 0.4) is 0 Å². The van der Waals surface area contributed by atoms with E-state index in [1.165, 1.54) is 6.07 Å². The lowest BCUT2D eigenvalue weighted by atomic mass is 9.80. The van der Waals surface area contributed by atoms with Gasteiger partial charge in [-0.2, -0.15) is 0 Å². The molecule has 0 saturated carbocycles. The number of anilines is 2. The van der Waals surface area contributed by atoms with Gasteiger partial charge >= 0.3 is 0 Å². The number of benzene rings is 1. The van der Waals surface area contributed by atoms with Crippen molar-refractivity contribution in [2.75, 3.05) is 23.7 Å². The zero-order valence-electron chi connectivity index (χ0n) is 12.3. The monoisotopic (exact) mass is 297 g/mol. The number of hydrogen-bond acceptors (Lipinski definition) is 4. The number of nitrogens with zero attached hydrogens (tertiary/aromatic N) is 1. The third kappa shape index (κ3) is 3.07. The lowest BCUT2D eigenvalue weighted by Gasteiger charge is -2.28. The Kier molecular flexibility index (Phi) is 3.73. The Balaban J connectivity index is 2.31. The number of primary sulfonamides is 1. The molecule has 0 aliphatic carbocycles. The topological polar surface area (TPSA) is 89.4 Å². The summed E-state index contributed by atoms with van der Waals surface area (Å²) in [6.07, 6.45) is 1.09. The molecule has 2 rings (SSSR count). The van der Waals surface area contributed by atoms with Crippen molar-refractivity contribution in [3.63, 3.8) is 0 Å². The Morgan fingerprint density at radius 3 is 2.45 bits per heavy atom. The molecular weight excluding hydrogens is 274 g/mol. The first-order valence-electron chi connectivity index (χ1n) is 6.76. The summed E-state index contributed by atoms with van der Waals surface area (Å²) >= 11 is 0. The van der Waals surface area contributed by atoms with Crippen LogP contribution < -0.4 is 15.8 Å². The molecule has 1 aliphatic heterocycles. The summed E-state index contributed by atoms with van der Waals surface area (Å²) in [5, 5.41) is 5.18. The van der Waals surface area contributed by atoms with Crippen LogP contribution in [-0.4, -0.2) is 21.5 Å². The lowest BCUT2D eigenvalue weighted by Crippen LogP contribution is -2.26. The summed E-state index contributed by atoms with van der Waals surface area (Å²) in [5.74, 6) is 0.569. The van der Waals surface area contributed by atoms with Gasteiger partial charge in [0, 0.05) is 13.1 Å². The van der Waals surface area contributed by atoms with Gasteiger partial charge in [-0.25, -0.2) is 13.6 Å². The SMILES string of the molecule is CC(C)(C)C1CCN(c2cc(S(N)(=O)=O)ccc2N)C1. The van der Waals surface area contributed by atoms with Crippen LogP contribution in [0.1, 0.15) is 27.2 Å². The fourth-order valence-electron chi connectivity index (χ4n) is 2.66. The fourth-order valence-corrected chi connectivity index (χ4v) is 3.19. The Labute approximate surface area is 121 Å². The fraction of sp³-hybridized carbons (Fsp3) is 0.571. The van der Waals surface area contributed by atoms with E-state index in [0.717, 1.165) is 25.2 Å². The second kappa shape index (κ2) is 4.93. The van der Waals surface area contributed by atoms with Crippen molar-refractivity contribution in [2.45, 2.75) is 32.1 Å². The average Bonchev–Trinajstić information content (AvgIpc) is 2.76. The molecule has 112 valence electrons. The van der Waals surface area contributed by atoms with Crippen molar-refractivity contribution in [3.8, 4) is 0 Å². The smallest absolute Gasteiger partial charge is 0.238 e. The molecule has 0 amide bonds. The highest BCUT2D eigenvalue weighted by Crippen LogP contribution is 2.37. The molecular formula is C14H23N3O2S. The zero-order chi connectivity index (χ0) is 15.1. The number of sulfonamides is 1. The maximum Gasteiger partial charge on any atom is 0.238 e. The molecule has 1 heterocycles. The molecule has 1 saturated heterocycles. The highest BCUT2D eigenvalue weighted by Gasteiger charge is 2.32. The molecule has 4 N–H and O–H groups in total. The minimum absolute atomic E-state index is 0.112. The Bertz CT molecular complexity index is 605. The third-order valence-corrected chi connectivity index (χ3v) is 5.00. The molecule has 6 heteroatoms. The normalized spacial score (nSPS) is 20.4. The molecule has 1 unspecified atom stereocenters. The van der Waals surface area contributed by atoms with Gasteiger partial charge in [0.1, 0.15) is 0 Å².